The van der Waals surface area contributed by atoms with E-state index in [0.29, 0.717) is 12.4 Å². The first-order chi connectivity index (χ1) is 9.28. The van der Waals surface area contributed by atoms with Gasteiger partial charge in [-0.1, -0.05) is 0 Å². The van der Waals surface area contributed by atoms with Gasteiger partial charge in [0.05, 0.1) is 25.5 Å². The molecule has 0 bridgehead atoms. The average molecular weight is 274 g/mol. The summed E-state index contributed by atoms with van der Waals surface area (Å²) in [7, 11) is 1.64. The van der Waals surface area contributed by atoms with Crippen molar-refractivity contribution in [1.29, 1.82) is 0 Å². The van der Waals surface area contributed by atoms with Crippen LogP contribution in [0.5, 0.6) is 5.88 Å². The standard InChI is InChI=1S/C13H14N4OS/c1-9-3-4-10(7-14-9)15-8-11-12(18-2)16-13-17(11)5-6-19-13/h3-7,15H,8H2,1-2H3. The lowest BCUT2D eigenvalue weighted by Gasteiger charge is -2.07. The van der Waals surface area contributed by atoms with Gasteiger partial charge in [-0.3, -0.25) is 9.38 Å². The highest BCUT2D eigenvalue weighted by Gasteiger charge is 2.13. The van der Waals surface area contributed by atoms with Crippen molar-refractivity contribution in [2.75, 3.05) is 12.4 Å². The Bertz CT molecular complexity index is 686. The lowest BCUT2D eigenvalue weighted by atomic mass is 10.3. The summed E-state index contributed by atoms with van der Waals surface area (Å²) >= 11 is 1.59. The summed E-state index contributed by atoms with van der Waals surface area (Å²) in [5, 5.41) is 5.34. The molecule has 0 aromatic carbocycles. The molecule has 0 saturated carbocycles. The van der Waals surface area contributed by atoms with Crippen molar-refractivity contribution in [2.24, 2.45) is 0 Å². The van der Waals surface area contributed by atoms with Crippen molar-refractivity contribution in [2.45, 2.75) is 13.5 Å². The Balaban J connectivity index is 1.84. The zero-order valence-electron chi connectivity index (χ0n) is 10.8. The van der Waals surface area contributed by atoms with Gasteiger partial charge in [0.2, 0.25) is 5.88 Å². The Labute approximate surface area is 114 Å². The Hall–Kier alpha value is -2.08. The minimum atomic E-state index is 0.645. The second-order valence-corrected chi connectivity index (χ2v) is 5.04. The summed E-state index contributed by atoms with van der Waals surface area (Å²) in [6, 6.07) is 4.00. The molecular formula is C13H14N4OS. The summed E-state index contributed by atoms with van der Waals surface area (Å²) in [5.41, 5.74) is 3.00. The van der Waals surface area contributed by atoms with Crippen molar-refractivity contribution in [1.82, 2.24) is 14.4 Å². The molecule has 0 spiro atoms. The fourth-order valence-electron chi connectivity index (χ4n) is 1.90. The SMILES string of the molecule is COc1nc2sccn2c1CNc1ccc(C)nc1. The summed E-state index contributed by atoms with van der Waals surface area (Å²) in [5.74, 6) is 0.666. The molecular weight excluding hydrogens is 260 g/mol. The molecule has 0 aliphatic heterocycles. The van der Waals surface area contributed by atoms with E-state index in [4.69, 9.17) is 4.74 Å². The molecule has 0 amide bonds. The van der Waals surface area contributed by atoms with E-state index < -0.39 is 0 Å². The van der Waals surface area contributed by atoms with Crippen LogP contribution in [-0.2, 0) is 6.54 Å². The molecule has 3 rings (SSSR count). The van der Waals surface area contributed by atoms with Crippen LogP contribution in [-0.4, -0.2) is 21.5 Å². The summed E-state index contributed by atoms with van der Waals surface area (Å²) < 4.78 is 7.36. The monoisotopic (exact) mass is 274 g/mol. The van der Waals surface area contributed by atoms with E-state index in [1.807, 2.05) is 41.2 Å². The van der Waals surface area contributed by atoms with Gasteiger partial charge in [-0.05, 0) is 19.1 Å². The number of aromatic nitrogens is 3. The maximum absolute atomic E-state index is 5.32. The smallest absolute Gasteiger partial charge is 0.238 e. The van der Waals surface area contributed by atoms with E-state index in [-0.39, 0.29) is 0 Å². The van der Waals surface area contributed by atoms with Gasteiger partial charge >= 0.3 is 0 Å². The van der Waals surface area contributed by atoms with Crippen LogP contribution in [0.2, 0.25) is 0 Å². The first-order valence-electron chi connectivity index (χ1n) is 5.93. The number of hydrogen-bond acceptors (Lipinski definition) is 5. The number of fused-ring (bicyclic) bond motifs is 1. The van der Waals surface area contributed by atoms with Crippen LogP contribution in [0.1, 0.15) is 11.4 Å². The van der Waals surface area contributed by atoms with Gasteiger partial charge in [0.25, 0.3) is 0 Å². The molecule has 3 heterocycles. The van der Waals surface area contributed by atoms with Crippen molar-refractivity contribution < 1.29 is 4.74 Å². The molecule has 1 N–H and O–H groups in total. The normalized spacial score (nSPS) is 10.8. The third kappa shape index (κ3) is 2.26. The lowest BCUT2D eigenvalue weighted by molar-refractivity contribution is 0.395. The van der Waals surface area contributed by atoms with E-state index in [2.05, 4.69) is 15.3 Å². The fraction of sp³-hybridized carbons (Fsp3) is 0.231. The van der Waals surface area contributed by atoms with Gasteiger partial charge in [0.1, 0.15) is 5.69 Å². The fourth-order valence-corrected chi connectivity index (χ4v) is 2.62. The molecule has 98 valence electrons. The summed E-state index contributed by atoms with van der Waals surface area (Å²) in [4.78, 5) is 9.62. The number of nitrogens with zero attached hydrogens (tertiary/aromatic N) is 3. The molecule has 6 heteroatoms. The van der Waals surface area contributed by atoms with Crippen molar-refractivity contribution >= 4 is 22.0 Å². The molecule has 3 aromatic rings. The molecule has 0 saturated heterocycles. The van der Waals surface area contributed by atoms with Crippen LogP contribution in [0.25, 0.3) is 4.96 Å². The lowest BCUT2D eigenvalue weighted by Crippen LogP contribution is -2.04. The predicted octanol–water partition coefficient (Wildman–Crippen LogP) is 2.72. The molecule has 0 unspecified atom stereocenters. The molecule has 0 fully saturated rings. The van der Waals surface area contributed by atoms with Crippen LogP contribution < -0.4 is 10.1 Å². The zero-order valence-corrected chi connectivity index (χ0v) is 11.6. The maximum Gasteiger partial charge on any atom is 0.238 e. The third-order valence-electron chi connectivity index (χ3n) is 2.89. The minimum absolute atomic E-state index is 0.645. The van der Waals surface area contributed by atoms with Crippen LogP contribution in [0.3, 0.4) is 0 Å². The molecule has 3 aromatic heterocycles. The van der Waals surface area contributed by atoms with E-state index >= 15 is 0 Å². The molecule has 19 heavy (non-hydrogen) atoms. The number of ether oxygens (including phenoxy) is 1. The Morgan fingerprint density at radius 2 is 2.32 bits per heavy atom. The largest absolute Gasteiger partial charge is 0.480 e. The first-order valence-corrected chi connectivity index (χ1v) is 6.81. The van der Waals surface area contributed by atoms with Crippen LogP contribution in [0.15, 0.2) is 29.9 Å². The van der Waals surface area contributed by atoms with Gasteiger partial charge in [0, 0.05) is 17.3 Å². The van der Waals surface area contributed by atoms with Crippen molar-refractivity contribution in [3.05, 3.63) is 41.3 Å². The van der Waals surface area contributed by atoms with E-state index in [1.54, 1.807) is 18.4 Å². The predicted molar refractivity (Wildman–Crippen MR) is 75.9 cm³/mol. The summed E-state index contributed by atoms with van der Waals surface area (Å²) in [6.45, 7) is 2.62. The highest BCUT2D eigenvalue weighted by Crippen LogP contribution is 2.23. The Morgan fingerprint density at radius 1 is 1.42 bits per heavy atom. The number of aryl methyl sites for hydroxylation is 1. The average Bonchev–Trinajstić information content (AvgIpc) is 2.99. The number of thiazole rings is 1. The van der Waals surface area contributed by atoms with Crippen LogP contribution in [0.4, 0.5) is 5.69 Å². The number of methoxy groups -OCH3 is 1. The van der Waals surface area contributed by atoms with E-state index in [1.165, 1.54) is 0 Å². The number of anilines is 1. The summed E-state index contributed by atoms with van der Waals surface area (Å²) in [6.07, 6.45) is 3.83. The Morgan fingerprint density at radius 3 is 3.05 bits per heavy atom. The van der Waals surface area contributed by atoms with Gasteiger partial charge in [-0.15, -0.1) is 11.3 Å². The third-order valence-corrected chi connectivity index (χ3v) is 3.65. The topological polar surface area (TPSA) is 51.5 Å². The number of rotatable bonds is 4. The highest BCUT2D eigenvalue weighted by molar-refractivity contribution is 7.15. The number of pyridine rings is 1. The van der Waals surface area contributed by atoms with Crippen molar-refractivity contribution in [3.8, 4) is 5.88 Å². The molecule has 5 nitrogen and oxygen atoms in total. The maximum atomic E-state index is 5.32. The quantitative estimate of drug-likeness (QED) is 0.794. The van der Waals surface area contributed by atoms with E-state index in [9.17, 15) is 0 Å². The van der Waals surface area contributed by atoms with Gasteiger partial charge < -0.3 is 10.1 Å². The number of nitrogens with one attached hydrogen (secondary N) is 1. The molecule has 0 atom stereocenters. The second kappa shape index (κ2) is 4.89. The minimum Gasteiger partial charge on any atom is -0.480 e. The van der Waals surface area contributed by atoms with Gasteiger partial charge in [-0.2, -0.15) is 4.98 Å². The molecule has 0 aliphatic rings. The van der Waals surface area contributed by atoms with Crippen LogP contribution >= 0.6 is 11.3 Å². The number of imidazole rings is 1. The Kier molecular flexibility index (Phi) is 3.08. The van der Waals surface area contributed by atoms with Crippen molar-refractivity contribution in [3.63, 3.8) is 0 Å². The molecule has 0 radical (unpaired) electrons. The zero-order chi connectivity index (χ0) is 13.2. The van der Waals surface area contributed by atoms with Gasteiger partial charge in [-0.25, -0.2) is 0 Å². The van der Waals surface area contributed by atoms with E-state index in [0.717, 1.165) is 22.0 Å². The second-order valence-electron chi connectivity index (χ2n) is 4.17. The molecule has 0 aliphatic carbocycles. The number of hydrogen-bond donors (Lipinski definition) is 1. The first kappa shape index (κ1) is 12.0. The highest BCUT2D eigenvalue weighted by atomic mass is 32.1. The van der Waals surface area contributed by atoms with Gasteiger partial charge in [0.15, 0.2) is 4.96 Å². The van der Waals surface area contributed by atoms with Crippen LogP contribution in [0, 0.1) is 6.92 Å².